The number of amides is 1. The van der Waals surface area contributed by atoms with Crippen LogP contribution >= 0.6 is 0 Å². The molecule has 3 unspecified atom stereocenters. The number of hydrogen-bond donors (Lipinski definition) is 3. The Hall–Kier alpha value is -2.70. The van der Waals surface area contributed by atoms with Crippen LogP contribution in [0.3, 0.4) is 0 Å². The number of aliphatic hydroxyl groups excluding tert-OH is 1. The van der Waals surface area contributed by atoms with Crippen LogP contribution in [0.5, 0.6) is 0 Å². The number of nitrogens with zero attached hydrogens (tertiary/aromatic N) is 2. The lowest BCUT2D eigenvalue weighted by molar-refractivity contribution is 0.0490. The maximum Gasteiger partial charge on any atom is 0.250 e. The van der Waals surface area contributed by atoms with Gasteiger partial charge in [0.05, 0.1) is 17.4 Å². The summed E-state index contributed by atoms with van der Waals surface area (Å²) in [5, 5.41) is 20.1. The molecule has 1 aliphatic carbocycles. The van der Waals surface area contributed by atoms with Crippen LogP contribution in [0, 0.1) is 11.3 Å². The number of benzene rings is 2. The quantitative estimate of drug-likeness (QED) is 0.573. The highest BCUT2D eigenvalue weighted by Crippen LogP contribution is 2.69. The van der Waals surface area contributed by atoms with Crippen LogP contribution in [-0.2, 0) is 5.41 Å². The van der Waals surface area contributed by atoms with Crippen molar-refractivity contribution in [3.8, 4) is 5.69 Å². The Morgan fingerprint density at radius 2 is 2.03 bits per heavy atom. The Morgan fingerprint density at radius 3 is 2.74 bits per heavy atom. The van der Waals surface area contributed by atoms with Gasteiger partial charge in [-0.1, -0.05) is 38.1 Å². The Bertz CT molecular complexity index is 1140. The van der Waals surface area contributed by atoms with Crippen molar-refractivity contribution in [3.05, 3.63) is 59.8 Å². The van der Waals surface area contributed by atoms with E-state index < -0.39 is 5.91 Å². The topological polar surface area (TPSA) is 93.2 Å². The molecule has 31 heavy (non-hydrogen) atoms. The normalized spacial score (nSPS) is 26.1. The van der Waals surface area contributed by atoms with Gasteiger partial charge in [-0.2, -0.15) is 5.10 Å². The molecule has 1 aliphatic heterocycles. The summed E-state index contributed by atoms with van der Waals surface area (Å²) in [7, 11) is 0. The fraction of sp³-hybridized carbons (Fsp3) is 0.440. The first-order chi connectivity index (χ1) is 14.9. The minimum absolute atomic E-state index is 0.0546. The molecular formula is C25H30N4O2. The van der Waals surface area contributed by atoms with Crippen molar-refractivity contribution in [2.75, 3.05) is 13.1 Å². The number of piperidine rings is 1. The van der Waals surface area contributed by atoms with Crippen LogP contribution in [-0.4, -0.2) is 40.0 Å². The van der Waals surface area contributed by atoms with Crippen LogP contribution in [0.15, 0.2) is 48.7 Å². The van der Waals surface area contributed by atoms with Crippen molar-refractivity contribution in [2.24, 2.45) is 17.1 Å². The molecule has 5 rings (SSSR count). The zero-order valence-corrected chi connectivity index (χ0v) is 18.1. The highest BCUT2D eigenvalue weighted by molar-refractivity contribution is 6.04. The molecule has 2 fully saturated rings. The summed E-state index contributed by atoms with van der Waals surface area (Å²) in [4.78, 5) is 11.7. The third-order valence-electron chi connectivity index (χ3n) is 7.43. The van der Waals surface area contributed by atoms with Gasteiger partial charge in [-0.15, -0.1) is 0 Å². The van der Waals surface area contributed by atoms with Gasteiger partial charge in [0.1, 0.15) is 5.52 Å². The lowest BCUT2D eigenvalue weighted by Gasteiger charge is -2.35. The van der Waals surface area contributed by atoms with Gasteiger partial charge in [0.15, 0.2) is 0 Å². The Kier molecular flexibility index (Phi) is 4.68. The van der Waals surface area contributed by atoms with Gasteiger partial charge in [-0.05, 0) is 55.5 Å². The van der Waals surface area contributed by atoms with Crippen LogP contribution in [0.25, 0.3) is 16.6 Å². The van der Waals surface area contributed by atoms with E-state index in [0.717, 1.165) is 43.4 Å². The first kappa shape index (κ1) is 20.2. The van der Waals surface area contributed by atoms with Gasteiger partial charge >= 0.3 is 0 Å². The molecule has 2 heterocycles. The Labute approximate surface area is 182 Å². The summed E-state index contributed by atoms with van der Waals surface area (Å²) >= 11 is 0. The SMILES string of the molecule is CC(C)CC(O)C12CNCCC1(c1ccc(-n3cc4cccc(C(N)=O)c4n3)cc1)C2. The molecule has 0 radical (unpaired) electrons. The van der Waals surface area contributed by atoms with Gasteiger partial charge < -0.3 is 16.2 Å². The van der Waals surface area contributed by atoms with E-state index in [4.69, 9.17) is 5.73 Å². The van der Waals surface area contributed by atoms with Crippen LogP contribution in [0.2, 0.25) is 0 Å². The standard InChI is InChI=1S/C25H30N4O2/c1-16(2)12-21(30)25-14-24(25,10-11-27-15-25)18-6-8-19(9-7-18)29-13-17-4-3-5-20(23(26)31)22(17)28-29/h3-9,13,16,21,27,30H,10-12,14-15H2,1-2H3,(H2,26,31). The van der Waals surface area contributed by atoms with E-state index in [1.54, 1.807) is 10.7 Å². The molecule has 3 aromatic rings. The average Bonchev–Trinajstić information content (AvgIpc) is 3.29. The highest BCUT2D eigenvalue weighted by Gasteiger charge is 2.71. The van der Waals surface area contributed by atoms with Gasteiger partial charge in [0.2, 0.25) is 0 Å². The molecule has 2 aliphatic rings. The summed E-state index contributed by atoms with van der Waals surface area (Å²) < 4.78 is 1.80. The maximum atomic E-state index is 11.7. The van der Waals surface area contributed by atoms with Crippen molar-refractivity contribution in [2.45, 2.75) is 44.6 Å². The first-order valence-corrected chi connectivity index (χ1v) is 11.1. The molecule has 3 atom stereocenters. The number of fused-ring (bicyclic) bond motifs is 2. The summed E-state index contributed by atoms with van der Waals surface area (Å²) in [5.41, 5.74) is 8.79. The molecular weight excluding hydrogens is 388 g/mol. The molecule has 162 valence electrons. The fourth-order valence-electron chi connectivity index (χ4n) is 5.75. The van der Waals surface area contributed by atoms with Crippen molar-refractivity contribution >= 4 is 16.8 Å². The number of nitrogens with two attached hydrogens (primary N) is 1. The summed E-state index contributed by atoms with van der Waals surface area (Å²) in [6.45, 7) is 6.21. The lowest BCUT2D eigenvalue weighted by atomic mass is 9.76. The van der Waals surface area contributed by atoms with Crippen molar-refractivity contribution in [1.29, 1.82) is 0 Å². The van der Waals surface area contributed by atoms with Gasteiger partial charge in [-0.25, -0.2) is 4.68 Å². The van der Waals surface area contributed by atoms with Gasteiger partial charge in [-0.3, -0.25) is 4.79 Å². The molecule has 0 bridgehead atoms. The van der Waals surface area contributed by atoms with E-state index in [2.05, 4.69) is 48.5 Å². The highest BCUT2D eigenvalue weighted by atomic mass is 16.3. The third kappa shape index (κ3) is 3.08. The zero-order chi connectivity index (χ0) is 21.8. The van der Waals surface area contributed by atoms with Crippen LogP contribution < -0.4 is 11.1 Å². The fourth-order valence-corrected chi connectivity index (χ4v) is 5.75. The minimum Gasteiger partial charge on any atom is -0.392 e. The van der Waals surface area contributed by atoms with Crippen LogP contribution in [0.1, 0.15) is 49.0 Å². The molecule has 6 nitrogen and oxygen atoms in total. The second-order valence-corrected chi connectivity index (χ2v) is 9.72. The second-order valence-electron chi connectivity index (χ2n) is 9.72. The minimum atomic E-state index is -0.471. The Morgan fingerprint density at radius 1 is 1.26 bits per heavy atom. The largest absolute Gasteiger partial charge is 0.392 e. The van der Waals surface area contributed by atoms with Gasteiger partial charge in [0, 0.05) is 29.0 Å². The lowest BCUT2D eigenvalue weighted by Crippen LogP contribution is -2.45. The molecule has 1 saturated carbocycles. The zero-order valence-electron chi connectivity index (χ0n) is 18.1. The predicted molar refractivity (Wildman–Crippen MR) is 121 cm³/mol. The molecule has 1 saturated heterocycles. The predicted octanol–water partition coefficient (Wildman–Crippen LogP) is 3.15. The van der Waals surface area contributed by atoms with Crippen molar-refractivity contribution in [3.63, 3.8) is 0 Å². The number of carbonyl (C=O) groups is 1. The van der Waals surface area contributed by atoms with Crippen molar-refractivity contribution in [1.82, 2.24) is 15.1 Å². The van der Waals surface area contributed by atoms with E-state index in [0.29, 0.717) is 17.0 Å². The second kappa shape index (κ2) is 7.18. The molecule has 2 aromatic carbocycles. The summed E-state index contributed by atoms with van der Waals surface area (Å²) in [6.07, 6.45) is 4.56. The number of aliphatic hydroxyl groups is 1. The van der Waals surface area contributed by atoms with Crippen LogP contribution in [0.4, 0.5) is 0 Å². The maximum absolute atomic E-state index is 11.7. The number of rotatable bonds is 6. The number of hydrogen-bond acceptors (Lipinski definition) is 4. The van der Waals surface area contributed by atoms with E-state index in [1.807, 2.05) is 18.3 Å². The molecule has 6 heteroatoms. The van der Waals surface area contributed by atoms with E-state index in [9.17, 15) is 9.90 Å². The Balaban J connectivity index is 1.46. The number of nitrogens with one attached hydrogen (secondary N) is 1. The molecule has 4 N–H and O–H groups in total. The van der Waals surface area contributed by atoms with E-state index in [-0.39, 0.29) is 16.9 Å². The first-order valence-electron chi connectivity index (χ1n) is 11.1. The summed E-state index contributed by atoms with van der Waals surface area (Å²) in [5.74, 6) is 0.00690. The average molecular weight is 419 g/mol. The third-order valence-corrected chi connectivity index (χ3v) is 7.43. The monoisotopic (exact) mass is 418 g/mol. The molecule has 1 amide bonds. The van der Waals surface area contributed by atoms with Crippen molar-refractivity contribution < 1.29 is 9.90 Å². The summed E-state index contributed by atoms with van der Waals surface area (Å²) in [6, 6.07) is 14.0. The number of carbonyl (C=O) groups excluding carboxylic acids is 1. The molecule has 1 aromatic heterocycles. The number of primary amides is 1. The molecule has 0 spiro atoms. The van der Waals surface area contributed by atoms with Gasteiger partial charge in [0.25, 0.3) is 5.91 Å². The number of aromatic nitrogens is 2. The smallest absolute Gasteiger partial charge is 0.250 e. The van der Waals surface area contributed by atoms with E-state index >= 15 is 0 Å². The van der Waals surface area contributed by atoms with E-state index in [1.165, 1.54) is 5.56 Å².